The van der Waals surface area contributed by atoms with Gasteiger partial charge in [0.25, 0.3) is 5.91 Å². The third-order valence-corrected chi connectivity index (χ3v) is 8.10. The molecule has 0 N–H and O–H groups in total. The Hall–Kier alpha value is -2.18. The molecule has 1 aromatic rings. The van der Waals surface area contributed by atoms with E-state index in [9.17, 15) is 18.0 Å². The average molecular weight is 523 g/mol. The molecular weight excluding hydrogens is 485 g/mol. The number of hydrogen-bond donors (Lipinski definition) is 0. The third kappa shape index (κ3) is 6.03. The van der Waals surface area contributed by atoms with Crippen LogP contribution in [0.5, 0.6) is 0 Å². The summed E-state index contributed by atoms with van der Waals surface area (Å²) >= 11 is 5.55. The van der Waals surface area contributed by atoms with Crippen LogP contribution in [0.2, 0.25) is 0 Å². The number of carbonyl (C=O) groups excluding carboxylic acids is 1. The molecule has 5 nitrogen and oxygen atoms in total. The molecule has 2 aliphatic rings. The Morgan fingerprint density at radius 3 is 2.14 bits per heavy atom. The number of amides is 1. The Morgan fingerprint density at radius 1 is 1.03 bits per heavy atom. The van der Waals surface area contributed by atoms with Gasteiger partial charge in [-0.15, -0.1) is 0 Å². The molecular formula is C27H37F3N4OS. The van der Waals surface area contributed by atoms with Gasteiger partial charge >= 0.3 is 6.18 Å². The molecule has 1 amide bonds. The van der Waals surface area contributed by atoms with Gasteiger partial charge in [0.05, 0.1) is 22.9 Å². The summed E-state index contributed by atoms with van der Waals surface area (Å²) in [7, 11) is 0. The number of thiocarbonyl (C=S) groups is 1. The standard InChI is InChI=1S/C27H37F3N4OS/c1-19-11-12-20(2)32(19)15-9-7-5-6-8-10-16-33-25(36)34(24(35)26(33,3)4)22-14-13-21(18-31)23(17-22)27(28,29)30/h13-14,17,19-20H,5-12,15-16H2,1-4H3/t19-,20+. The number of anilines is 1. The largest absolute Gasteiger partial charge is 0.417 e. The second kappa shape index (κ2) is 11.5. The van der Waals surface area contributed by atoms with Crippen LogP contribution in [0.4, 0.5) is 18.9 Å². The van der Waals surface area contributed by atoms with Crippen LogP contribution in [-0.2, 0) is 11.0 Å². The minimum Gasteiger partial charge on any atom is -0.334 e. The van der Waals surface area contributed by atoms with Gasteiger partial charge in [-0.05, 0) is 90.3 Å². The van der Waals surface area contributed by atoms with Crippen LogP contribution in [-0.4, -0.2) is 51.5 Å². The summed E-state index contributed by atoms with van der Waals surface area (Å²) in [6.07, 6.45) is 4.44. The summed E-state index contributed by atoms with van der Waals surface area (Å²) < 4.78 is 40.4. The maximum atomic E-state index is 13.5. The number of nitrogens with zero attached hydrogens (tertiary/aromatic N) is 4. The molecule has 0 saturated carbocycles. The van der Waals surface area contributed by atoms with Gasteiger partial charge in [0.2, 0.25) is 0 Å². The summed E-state index contributed by atoms with van der Waals surface area (Å²) in [5.41, 5.74) is -2.46. The highest BCUT2D eigenvalue weighted by molar-refractivity contribution is 7.80. The van der Waals surface area contributed by atoms with Crippen molar-refractivity contribution in [2.75, 3.05) is 18.0 Å². The van der Waals surface area contributed by atoms with Gasteiger partial charge in [0.1, 0.15) is 5.54 Å². The molecule has 3 rings (SSSR count). The average Bonchev–Trinajstić information content (AvgIpc) is 3.21. The molecule has 2 aliphatic heterocycles. The maximum Gasteiger partial charge on any atom is 0.417 e. The maximum absolute atomic E-state index is 13.5. The number of halogens is 3. The van der Waals surface area contributed by atoms with Crippen molar-refractivity contribution < 1.29 is 18.0 Å². The lowest BCUT2D eigenvalue weighted by atomic mass is 10.0. The summed E-state index contributed by atoms with van der Waals surface area (Å²) in [6.45, 7) is 9.86. The van der Waals surface area contributed by atoms with Crippen molar-refractivity contribution in [3.63, 3.8) is 0 Å². The zero-order valence-corrected chi connectivity index (χ0v) is 22.5. The Labute approximate surface area is 218 Å². The van der Waals surface area contributed by atoms with Gasteiger partial charge in [-0.2, -0.15) is 18.4 Å². The summed E-state index contributed by atoms with van der Waals surface area (Å²) in [4.78, 5) is 18.8. The SMILES string of the molecule is C[C@@H]1CC[C@H](C)N1CCCCCCCCN1C(=S)N(c2ccc(C#N)c(C(F)(F)F)c2)C(=O)C1(C)C. The second-order valence-corrected chi connectivity index (χ2v) is 11.0. The Balaban J connectivity index is 1.52. The van der Waals surface area contributed by atoms with Crippen molar-refractivity contribution in [2.45, 2.75) is 103 Å². The highest BCUT2D eigenvalue weighted by Gasteiger charge is 2.49. The number of benzene rings is 1. The van der Waals surface area contributed by atoms with Crippen LogP contribution in [0.3, 0.4) is 0 Å². The number of alkyl halides is 3. The normalized spacial score (nSPS) is 22.5. The van der Waals surface area contributed by atoms with Crippen molar-refractivity contribution in [1.29, 1.82) is 5.26 Å². The molecule has 0 bridgehead atoms. The van der Waals surface area contributed by atoms with Crippen molar-refractivity contribution >= 4 is 28.9 Å². The van der Waals surface area contributed by atoms with E-state index in [4.69, 9.17) is 17.5 Å². The smallest absolute Gasteiger partial charge is 0.334 e. The van der Waals surface area contributed by atoms with Gasteiger partial charge < -0.3 is 4.90 Å². The molecule has 0 aliphatic carbocycles. The van der Waals surface area contributed by atoms with Gasteiger partial charge in [0, 0.05) is 18.6 Å². The number of rotatable bonds is 10. The molecule has 0 spiro atoms. The van der Waals surface area contributed by atoms with E-state index in [1.807, 2.05) is 4.90 Å². The zero-order valence-electron chi connectivity index (χ0n) is 21.7. The molecule has 0 unspecified atom stereocenters. The zero-order chi connectivity index (χ0) is 26.7. The molecule has 2 saturated heterocycles. The lowest BCUT2D eigenvalue weighted by Crippen LogP contribution is -2.44. The highest BCUT2D eigenvalue weighted by atomic mass is 32.1. The van der Waals surface area contributed by atoms with Crippen LogP contribution < -0.4 is 4.90 Å². The molecule has 0 aromatic heterocycles. The molecule has 36 heavy (non-hydrogen) atoms. The minimum atomic E-state index is -4.70. The molecule has 2 atom stereocenters. The molecule has 198 valence electrons. The van der Waals surface area contributed by atoms with E-state index in [1.54, 1.807) is 19.9 Å². The number of likely N-dealkylation sites (tertiary alicyclic amines) is 1. The number of nitriles is 1. The van der Waals surface area contributed by atoms with Crippen molar-refractivity contribution in [3.05, 3.63) is 29.3 Å². The van der Waals surface area contributed by atoms with E-state index in [0.29, 0.717) is 18.6 Å². The lowest BCUT2D eigenvalue weighted by Gasteiger charge is -2.29. The number of unbranched alkanes of at least 4 members (excludes halogenated alkanes) is 5. The first kappa shape index (κ1) is 28.4. The van der Waals surface area contributed by atoms with Crippen LogP contribution in [0.15, 0.2) is 18.2 Å². The summed E-state index contributed by atoms with van der Waals surface area (Å²) in [5, 5.41) is 9.26. The fraction of sp³-hybridized carbons (Fsp3) is 0.667. The molecule has 1 aromatic carbocycles. The predicted octanol–water partition coefficient (Wildman–Crippen LogP) is 6.50. The van der Waals surface area contributed by atoms with Crippen LogP contribution in [0, 0.1) is 11.3 Å². The lowest BCUT2D eigenvalue weighted by molar-refractivity contribution is -0.137. The van der Waals surface area contributed by atoms with E-state index in [0.717, 1.165) is 31.4 Å². The Bertz CT molecular complexity index is 994. The Kier molecular flexibility index (Phi) is 9.05. The molecule has 9 heteroatoms. The number of carbonyl (C=O) groups is 1. The Morgan fingerprint density at radius 2 is 1.58 bits per heavy atom. The minimum absolute atomic E-state index is 0.0357. The number of hydrogen-bond acceptors (Lipinski definition) is 4. The fourth-order valence-corrected chi connectivity index (χ4v) is 5.91. The first-order chi connectivity index (χ1) is 16.9. The van der Waals surface area contributed by atoms with Gasteiger partial charge in [-0.3, -0.25) is 14.6 Å². The van der Waals surface area contributed by atoms with Crippen molar-refractivity contribution in [2.24, 2.45) is 0 Å². The van der Waals surface area contributed by atoms with E-state index < -0.39 is 22.8 Å². The molecule has 2 fully saturated rings. The predicted molar refractivity (Wildman–Crippen MR) is 140 cm³/mol. The van der Waals surface area contributed by atoms with Crippen LogP contribution in [0.1, 0.15) is 90.2 Å². The monoisotopic (exact) mass is 522 g/mol. The first-order valence-electron chi connectivity index (χ1n) is 12.9. The van der Waals surface area contributed by atoms with Crippen LogP contribution >= 0.6 is 12.2 Å². The highest BCUT2D eigenvalue weighted by Crippen LogP contribution is 2.38. The molecule has 0 radical (unpaired) electrons. The summed E-state index contributed by atoms with van der Waals surface area (Å²) in [5.74, 6) is -0.365. The van der Waals surface area contributed by atoms with Crippen molar-refractivity contribution in [1.82, 2.24) is 9.80 Å². The van der Waals surface area contributed by atoms with E-state index in [1.165, 1.54) is 49.6 Å². The van der Waals surface area contributed by atoms with Gasteiger partial charge in [0.15, 0.2) is 5.11 Å². The quantitative estimate of drug-likeness (QED) is 0.259. The third-order valence-electron chi connectivity index (χ3n) is 7.69. The van der Waals surface area contributed by atoms with E-state index in [-0.39, 0.29) is 16.7 Å². The fourth-order valence-electron chi connectivity index (χ4n) is 5.40. The van der Waals surface area contributed by atoms with Gasteiger partial charge in [-0.25, -0.2) is 0 Å². The van der Waals surface area contributed by atoms with Crippen molar-refractivity contribution in [3.8, 4) is 6.07 Å². The van der Waals surface area contributed by atoms with Crippen LogP contribution in [0.25, 0.3) is 0 Å². The van der Waals surface area contributed by atoms with E-state index in [2.05, 4.69) is 18.7 Å². The van der Waals surface area contributed by atoms with E-state index >= 15 is 0 Å². The molecule has 2 heterocycles. The second-order valence-electron chi connectivity index (χ2n) is 10.6. The topological polar surface area (TPSA) is 50.6 Å². The first-order valence-corrected chi connectivity index (χ1v) is 13.3. The van der Waals surface area contributed by atoms with Gasteiger partial charge in [-0.1, -0.05) is 25.7 Å². The summed E-state index contributed by atoms with van der Waals surface area (Å²) in [6, 6.07) is 6.24.